The summed E-state index contributed by atoms with van der Waals surface area (Å²) >= 11 is 0. The van der Waals surface area contributed by atoms with Crippen LogP contribution >= 0.6 is 0 Å². The lowest BCUT2D eigenvalue weighted by Crippen LogP contribution is -2.36. The smallest absolute Gasteiger partial charge is 0.269 e. The highest BCUT2D eigenvalue weighted by Gasteiger charge is 2.40. The molecule has 0 aliphatic heterocycles. The molecule has 2 aliphatic carbocycles. The first kappa shape index (κ1) is 23.1. The van der Waals surface area contributed by atoms with E-state index in [1.54, 1.807) is 30.3 Å². The molecule has 2 saturated carbocycles. The van der Waals surface area contributed by atoms with Crippen molar-refractivity contribution in [1.82, 2.24) is 13.7 Å². The predicted octanol–water partition coefficient (Wildman–Crippen LogP) is 2.82. The number of rotatable bonds is 7. The summed E-state index contributed by atoms with van der Waals surface area (Å²) in [7, 11) is -7.09. The van der Waals surface area contributed by atoms with Crippen LogP contribution in [0, 0.1) is 12.8 Å². The van der Waals surface area contributed by atoms with Gasteiger partial charge in [-0.15, -0.1) is 0 Å². The van der Waals surface area contributed by atoms with Crippen molar-refractivity contribution in [2.75, 3.05) is 11.1 Å². The van der Waals surface area contributed by atoms with Gasteiger partial charge in [0.05, 0.1) is 27.7 Å². The molecule has 0 bridgehead atoms. The van der Waals surface area contributed by atoms with E-state index in [2.05, 4.69) is 21.9 Å². The molecule has 2 aromatic heterocycles. The lowest BCUT2D eigenvalue weighted by atomic mass is 10.1. The fourth-order valence-corrected chi connectivity index (χ4v) is 7.60. The van der Waals surface area contributed by atoms with Crippen molar-refractivity contribution in [3.63, 3.8) is 0 Å². The molecule has 2 fully saturated rings. The maximum Gasteiger partial charge on any atom is 0.269 e. The van der Waals surface area contributed by atoms with E-state index in [1.165, 1.54) is 16.4 Å². The van der Waals surface area contributed by atoms with Crippen LogP contribution in [0.3, 0.4) is 0 Å². The molecule has 1 aromatic carbocycles. The summed E-state index contributed by atoms with van der Waals surface area (Å²) in [5, 5.41) is 3.82. The molecule has 182 valence electrons. The van der Waals surface area contributed by atoms with Crippen LogP contribution in [0.2, 0.25) is 0 Å². The van der Waals surface area contributed by atoms with Gasteiger partial charge in [0.1, 0.15) is 0 Å². The fourth-order valence-electron chi connectivity index (χ4n) is 4.70. The topological polar surface area (TPSA) is 136 Å². The number of hydrogen-bond donors (Lipinski definition) is 3. The minimum Gasteiger partial charge on any atom is -0.396 e. The van der Waals surface area contributed by atoms with E-state index in [-0.39, 0.29) is 33.8 Å². The monoisotopic (exact) mass is 503 g/mol. The van der Waals surface area contributed by atoms with Gasteiger partial charge in [0.25, 0.3) is 10.0 Å². The van der Waals surface area contributed by atoms with Crippen molar-refractivity contribution in [2.24, 2.45) is 5.92 Å². The maximum absolute atomic E-state index is 13.3. The Labute approximate surface area is 199 Å². The molecule has 3 aromatic rings. The highest BCUT2D eigenvalue weighted by atomic mass is 32.2. The number of anilines is 2. The van der Waals surface area contributed by atoms with Crippen LogP contribution in [0.1, 0.15) is 38.2 Å². The first-order chi connectivity index (χ1) is 16.1. The highest BCUT2D eigenvalue weighted by molar-refractivity contribution is 7.90. The van der Waals surface area contributed by atoms with Gasteiger partial charge in [0.2, 0.25) is 10.0 Å². The number of nitrogens with zero attached hydrogens (tertiary/aromatic N) is 2. The Morgan fingerprint density at radius 2 is 1.76 bits per heavy atom. The first-order valence-electron chi connectivity index (χ1n) is 11.4. The minimum absolute atomic E-state index is 0.0168. The number of nitrogens with one attached hydrogen (secondary N) is 2. The number of hydrogen-bond acceptors (Lipinski definition) is 7. The van der Waals surface area contributed by atoms with Crippen molar-refractivity contribution in [3.05, 3.63) is 48.3 Å². The SMILES string of the molecule is Cc1ccc(S(=O)(=O)n2ccc3c(NC4CC(NS(=O)(=O)C5CC5)CC4C)c(N)cnc32)cc1. The molecule has 0 spiro atoms. The Balaban J connectivity index is 1.43. The summed E-state index contributed by atoms with van der Waals surface area (Å²) in [6.45, 7) is 3.97. The number of nitrogens with two attached hydrogens (primary N) is 1. The molecule has 3 atom stereocenters. The molecule has 9 nitrogen and oxygen atoms in total. The summed E-state index contributed by atoms with van der Waals surface area (Å²) in [4.78, 5) is 4.50. The van der Waals surface area contributed by atoms with E-state index >= 15 is 0 Å². The normalized spacial score (nSPS) is 23.4. The quantitative estimate of drug-likeness (QED) is 0.451. The second-order valence-corrected chi connectivity index (χ2v) is 13.3. The Hall–Kier alpha value is -2.63. The average molecular weight is 504 g/mol. The molecule has 0 amide bonds. The van der Waals surface area contributed by atoms with Gasteiger partial charge in [-0.1, -0.05) is 24.6 Å². The summed E-state index contributed by atoms with van der Waals surface area (Å²) in [6, 6.07) is 8.21. The van der Waals surface area contributed by atoms with E-state index in [9.17, 15) is 16.8 Å². The van der Waals surface area contributed by atoms with Gasteiger partial charge in [-0.2, -0.15) is 0 Å². The molecule has 5 rings (SSSR count). The maximum atomic E-state index is 13.3. The molecular weight excluding hydrogens is 474 g/mol. The largest absolute Gasteiger partial charge is 0.396 e. The Kier molecular flexibility index (Phi) is 5.61. The number of nitrogen functional groups attached to an aromatic ring is 1. The third kappa shape index (κ3) is 4.16. The van der Waals surface area contributed by atoms with Crippen LogP contribution in [0.25, 0.3) is 11.0 Å². The molecule has 2 aliphatic rings. The van der Waals surface area contributed by atoms with Crippen LogP contribution in [0.5, 0.6) is 0 Å². The van der Waals surface area contributed by atoms with Gasteiger partial charge in [-0.05, 0) is 56.7 Å². The average Bonchev–Trinajstić information content (AvgIpc) is 3.47. The standard InChI is InChI=1S/C23H29N5O4S2/c1-14-3-5-18(6-4-14)34(31,32)28-10-9-19-22(20(24)13-25-23(19)28)26-21-12-16(11-15(21)2)27-33(29,30)17-7-8-17/h3-6,9-10,13,15-17,21,27H,7-8,11-12,24H2,1-2H3,(H,25,26). The number of pyridine rings is 1. The third-order valence-electron chi connectivity index (χ3n) is 6.79. The van der Waals surface area contributed by atoms with E-state index in [4.69, 9.17) is 5.73 Å². The van der Waals surface area contributed by atoms with Crippen molar-refractivity contribution in [1.29, 1.82) is 0 Å². The molecule has 4 N–H and O–H groups in total. The molecule has 3 unspecified atom stereocenters. The number of aryl methyl sites for hydroxylation is 1. The van der Waals surface area contributed by atoms with Gasteiger partial charge in [-0.25, -0.2) is 30.5 Å². The zero-order valence-corrected chi connectivity index (χ0v) is 20.7. The second kappa shape index (κ2) is 8.24. The van der Waals surface area contributed by atoms with E-state index in [0.717, 1.165) is 24.8 Å². The van der Waals surface area contributed by atoms with Crippen molar-refractivity contribution in [2.45, 2.75) is 61.8 Å². The minimum atomic E-state index is -3.83. The molecule has 0 saturated heterocycles. The summed E-state index contributed by atoms with van der Waals surface area (Å²) < 4.78 is 55.3. The van der Waals surface area contributed by atoms with Crippen LogP contribution in [0.4, 0.5) is 11.4 Å². The zero-order valence-electron chi connectivity index (χ0n) is 19.1. The fraction of sp³-hybridized carbons (Fsp3) is 0.435. The number of fused-ring (bicyclic) bond motifs is 1. The first-order valence-corrected chi connectivity index (χ1v) is 14.4. The molecule has 0 radical (unpaired) electrons. The Bertz CT molecular complexity index is 1440. The van der Waals surface area contributed by atoms with Gasteiger partial charge in [0, 0.05) is 23.7 Å². The van der Waals surface area contributed by atoms with Gasteiger partial charge >= 0.3 is 0 Å². The Morgan fingerprint density at radius 3 is 2.44 bits per heavy atom. The second-order valence-electron chi connectivity index (χ2n) is 9.51. The van der Waals surface area contributed by atoms with Crippen LogP contribution in [-0.4, -0.2) is 43.1 Å². The predicted molar refractivity (Wildman–Crippen MR) is 133 cm³/mol. The summed E-state index contributed by atoms with van der Waals surface area (Å²) in [6.07, 6.45) is 5.75. The van der Waals surface area contributed by atoms with E-state index in [1.807, 2.05) is 6.92 Å². The van der Waals surface area contributed by atoms with Crippen molar-refractivity contribution >= 4 is 42.5 Å². The highest BCUT2D eigenvalue weighted by Crippen LogP contribution is 2.36. The van der Waals surface area contributed by atoms with Crippen LogP contribution in [-0.2, 0) is 20.0 Å². The molecule has 2 heterocycles. The number of aromatic nitrogens is 2. The molecule has 11 heteroatoms. The number of benzene rings is 1. The zero-order chi connectivity index (χ0) is 24.3. The lowest BCUT2D eigenvalue weighted by Gasteiger charge is -2.20. The van der Waals surface area contributed by atoms with E-state index in [0.29, 0.717) is 23.2 Å². The molecule has 34 heavy (non-hydrogen) atoms. The lowest BCUT2D eigenvalue weighted by molar-refractivity contribution is 0.533. The summed E-state index contributed by atoms with van der Waals surface area (Å²) in [5.41, 5.74) is 8.53. The number of sulfonamides is 1. The van der Waals surface area contributed by atoms with Crippen LogP contribution < -0.4 is 15.8 Å². The van der Waals surface area contributed by atoms with Gasteiger partial charge < -0.3 is 11.1 Å². The Morgan fingerprint density at radius 1 is 1.06 bits per heavy atom. The van der Waals surface area contributed by atoms with Crippen LogP contribution in [0.15, 0.2) is 47.6 Å². The van der Waals surface area contributed by atoms with Gasteiger partial charge in [0.15, 0.2) is 5.65 Å². The summed E-state index contributed by atoms with van der Waals surface area (Å²) in [5.74, 6) is 0.202. The van der Waals surface area contributed by atoms with Gasteiger partial charge in [-0.3, -0.25) is 0 Å². The van der Waals surface area contributed by atoms with E-state index < -0.39 is 20.0 Å². The molecular formula is C23H29N5O4S2. The third-order valence-corrected chi connectivity index (χ3v) is 10.5. The van der Waals surface area contributed by atoms with Crippen molar-refractivity contribution < 1.29 is 16.8 Å². The van der Waals surface area contributed by atoms with Crippen molar-refractivity contribution in [3.8, 4) is 0 Å².